The molecule has 1 aliphatic heterocycles. The zero-order valence-electron chi connectivity index (χ0n) is 14.4. The summed E-state index contributed by atoms with van der Waals surface area (Å²) in [7, 11) is 1.61. The normalized spacial score (nSPS) is 20.4. The largest absolute Gasteiger partial charge is 0.448 e. The molecular formula is C18H22N4O3. The number of nitrogens with one attached hydrogen (secondary N) is 2. The zero-order valence-corrected chi connectivity index (χ0v) is 14.4. The molecule has 2 amide bonds. The van der Waals surface area contributed by atoms with E-state index in [9.17, 15) is 9.59 Å². The first-order chi connectivity index (χ1) is 12.1. The van der Waals surface area contributed by atoms with Crippen molar-refractivity contribution in [2.45, 2.75) is 19.5 Å². The summed E-state index contributed by atoms with van der Waals surface area (Å²) in [5.41, 5.74) is 1.41. The first-order valence-electron chi connectivity index (χ1n) is 8.27. The molecule has 2 aromatic rings. The van der Waals surface area contributed by atoms with Gasteiger partial charge in [-0.3, -0.25) is 14.5 Å². The van der Waals surface area contributed by atoms with Crippen molar-refractivity contribution in [1.82, 2.24) is 20.5 Å². The van der Waals surface area contributed by atoms with Crippen LogP contribution in [-0.2, 0) is 11.3 Å². The second kappa shape index (κ2) is 7.48. The Balaban J connectivity index is 1.69. The van der Waals surface area contributed by atoms with Gasteiger partial charge < -0.3 is 15.1 Å². The Bertz CT molecular complexity index is 744. The predicted molar refractivity (Wildman–Crippen MR) is 91.8 cm³/mol. The molecular weight excluding hydrogens is 320 g/mol. The van der Waals surface area contributed by atoms with Crippen LogP contribution in [0, 0.1) is 12.8 Å². The molecule has 3 rings (SSSR count). The van der Waals surface area contributed by atoms with Crippen molar-refractivity contribution in [3.05, 3.63) is 53.7 Å². The van der Waals surface area contributed by atoms with Gasteiger partial charge in [-0.15, -0.1) is 0 Å². The Morgan fingerprint density at radius 1 is 1.28 bits per heavy atom. The molecule has 1 aromatic carbocycles. The van der Waals surface area contributed by atoms with Gasteiger partial charge in [-0.25, -0.2) is 4.98 Å². The average molecular weight is 342 g/mol. The van der Waals surface area contributed by atoms with Gasteiger partial charge in [0, 0.05) is 33.6 Å². The third-order valence-corrected chi connectivity index (χ3v) is 4.40. The maximum Gasteiger partial charge on any atom is 0.273 e. The van der Waals surface area contributed by atoms with Crippen LogP contribution in [0.25, 0.3) is 0 Å². The highest BCUT2D eigenvalue weighted by Gasteiger charge is 2.38. The highest BCUT2D eigenvalue weighted by molar-refractivity contribution is 5.92. The standard InChI is InChI=1S/C18H22N4O3/c1-12-20-16(11-25-12)18(24)21-15-10-22(9-14(15)17(23)19-2)8-13-6-4-3-5-7-13/h3-7,11,14-15H,8-10H2,1-2H3,(H,19,23)(H,21,24)/t14-,15-/m0/s1. The Kier molecular flexibility index (Phi) is 5.14. The average Bonchev–Trinajstić information content (AvgIpc) is 3.21. The fourth-order valence-corrected chi connectivity index (χ4v) is 3.16. The molecule has 25 heavy (non-hydrogen) atoms. The maximum atomic E-state index is 12.4. The smallest absolute Gasteiger partial charge is 0.273 e. The third-order valence-electron chi connectivity index (χ3n) is 4.40. The van der Waals surface area contributed by atoms with E-state index in [1.807, 2.05) is 18.2 Å². The number of likely N-dealkylation sites (tertiary alicyclic amines) is 1. The van der Waals surface area contributed by atoms with Gasteiger partial charge in [0.2, 0.25) is 5.91 Å². The molecule has 0 saturated carbocycles. The fraction of sp³-hybridized carbons (Fsp3) is 0.389. The molecule has 2 N–H and O–H groups in total. The minimum absolute atomic E-state index is 0.0720. The summed E-state index contributed by atoms with van der Waals surface area (Å²) < 4.78 is 5.08. The molecule has 1 fully saturated rings. The van der Waals surface area contributed by atoms with Gasteiger partial charge in [-0.2, -0.15) is 0 Å². The first-order valence-corrected chi connectivity index (χ1v) is 8.27. The molecule has 0 bridgehead atoms. The number of rotatable bonds is 5. The SMILES string of the molecule is CNC(=O)[C@H]1CN(Cc2ccccc2)C[C@@H]1NC(=O)c1coc(C)n1. The Labute approximate surface area is 146 Å². The number of oxazole rings is 1. The first kappa shape index (κ1) is 17.2. The third kappa shape index (κ3) is 4.06. The van der Waals surface area contributed by atoms with E-state index in [1.54, 1.807) is 14.0 Å². The Morgan fingerprint density at radius 3 is 2.68 bits per heavy atom. The van der Waals surface area contributed by atoms with Crippen molar-refractivity contribution in [2.24, 2.45) is 5.92 Å². The minimum Gasteiger partial charge on any atom is -0.448 e. The highest BCUT2D eigenvalue weighted by Crippen LogP contribution is 2.20. The van der Waals surface area contributed by atoms with Gasteiger partial charge >= 0.3 is 0 Å². The van der Waals surface area contributed by atoms with Crippen LogP contribution >= 0.6 is 0 Å². The summed E-state index contributed by atoms with van der Waals surface area (Å²) in [4.78, 5) is 30.8. The number of hydrogen-bond donors (Lipinski definition) is 2. The summed E-state index contributed by atoms with van der Waals surface area (Å²) in [6.07, 6.45) is 1.33. The molecule has 1 saturated heterocycles. The van der Waals surface area contributed by atoms with Gasteiger partial charge in [0.05, 0.1) is 12.0 Å². The summed E-state index contributed by atoms with van der Waals surface area (Å²) in [6, 6.07) is 9.80. The molecule has 7 heteroatoms. The van der Waals surface area contributed by atoms with Gasteiger partial charge in [0.25, 0.3) is 5.91 Å². The highest BCUT2D eigenvalue weighted by atomic mass is 16.3. The van der Waals surface area contributed by atoms with Crippen LogP contribution in [0.3, 0.4) is 0 Å². The predicted octanol–water partition coefficient (Wildman–Crippen LogP) is 0.959. The zero-order chi connectivity index (χ0) is 17.8. The summed E-state index contributed by atoms with van der Waals surface area (Å²) >= 11 is 0. The lowest BCUT2D eigenvalue weighted by molar-refractivity contribution is -0.124. The van der Waals surface area contributed by atoms with Crippen LogP contribution in [0.1, 0.15) is 21.9 Å². The summed E-state index contributed by atoms with van der Waals surface area (Å²) in [5, 5.41) is 5.61. The van der Waals surface area contributed by atoms with Gasteiger partial charge in [-0.1, -0.05) is 30.3 Å². The van der Waals surface area contributed by atoms with Gasteiger partial charge in [-0.05, 0) is 5.56 Å². The number of aromatic nitrogens is 1. The molecule has 0 unspecified atom stereocenters. The summed E-state index contributed by atoms with van der Waals surface area (Å²) in [6.45, 7) is 3.62. The second-order valence-corrected chi connectivity index (χ2v) is 6.23. The molecule has 2 atom stereocenters. The molecule has 7 nitrogen and oxygen atoms in total. The molecule has 0 spiro atoms. The van der Waals surface area contributed by atoms with E-state index in [2.05, 4.69) is 32.7 Å². The topological polar surface area (TPSA) is 87.5 Å². The monoisotopic (exact) mass is 342 g/mol. The minimum atomic E-state index is -0.322. The van der Waals surface area contributed by atoms with E-state index in [4.69, 9.17) is 4.42 Å². The van der Waals surface area contributed by atoms with Crippen molar-refractivity contribution in [3.8, 4) is 0 Å². The van der Waals surface area contributed by atoms with Crippen molar-refractivity contribution in [3.63, 3.8) is 0 Å². The van der Waals surface area contributed by atoms with Crippen molar-refractivity contribution >= 4 is 11.8 Å². The van der Waals surface area contributed by atoms with Gasteiger partial charge in [0.1, 0.15) is 6.26 Å². The van der Waals surface area contributed by atoms with Crippen LogP contribution in [0.4, 0.5) is 0 Å². The van der Waals surface area contributed by atoms with E-state index in [0.717, 1.165) is 6.54 Å². The van der Waals surface area contributed by atoms with Gasteiger partial charge in [0.15, 0.2) is 11.6 Å². The Hall–Kier alpha value is -2.67. The fourth-order valence-electron chi connectivity index (χ4n) is 3.16. The molecule has 0 radical (unpaired) electrons. The number of amides is 2. The van der Waals surface area contributed by atoms with Crippen LogP contribution < -0.4 is 10.6 Å². The second-order valence-electron chi connectivity index (χ2n) is 6.23. The van der Waals surface area contributed by atoms with E-state index >= 15 is 0 Å². The van der Waals surface area contributed by atoms with Crippen molar-refractivity contribution in [2.75, 3.05) is 20.1 Å². The lowest BCUT2D eigenvalue weighted by Crippen LogP contribution is -2.45. The summed E-state index contributed by atoms with van der Waals surface area (Å²) in [5.74, 6) is -0.259. The van der Waals surface area contributed by atoms with E-state index < -0.39 is 0 Å². The number of hydrogen-bond acceptors (Lipinski definition) is 5. The van der Waals surface area contributed by atoms with E-state index in [1.165, 1.54) is 11.8 Å². The molecule has 0 aliphatic carbocycles. The van der Waals surface area contributed by atoms with Crippen LogP contribution in [-0.4, -0.2) is 47.9 Å². The quantitative estimate of drug-likeness (QED) is 0.845. The number of nitrogens with zero attached hydrogens (tertiary/aromatic N) is 2. The van der Waals surface area contributed by atoms with E-state index in [-0.39, 0.29) is 29.5 Å². The molecule has 132 valence electrons. The van der Waals surface area contributed by atoms with Crippen LogP contribution in [0.2, 0.25) is 0 Å². The lowest BCUT2D eigenvalue weighted by atomic mass is 10.0. The number of benzene rings is 1. The lowest BCUT2D eigenvalue weighted by Gasteiger charge is -2.17. The van der Waals surface area contributed by atoms with Crippen LogP contribution in [0.15, 0.2) is 41.0 Å². The van der Waals surface area contributed by atoms with E-state index in [0.29, 0.717) is 19.0 Å². The number of aryl methyl sites for hydroxylation is 1. The number of carbonyl (C=O) groups is 2. The molecule has 1 aliphatic rings. The van der Waals surface area contributed by atoms with Crippen molar-refractivity contribution < 1.29 is 14.0 Å². The molecule has 1 aromatic heterocycles. The maximum absolute atomic E-state index is 12.4. The van der Waals surface area contributed by atoms with Crippen LogP contribution in [0.5, 0.6) is 0 Å². The number of carbonyl (C=O) groups excluding carboxylic acids is 2. The Morgan fingerprint density at radius 2 is 2.04 bits per heavy atom. The van der Waals surface area contributed by atoms with Crippen molar-refractivity contribution in [1.29, 1.82) is 0 Å². The molecule has 2 heterocycles.